The number of aryl methyl sites for hydroxylation is 1. The van der Waals surface area contributed by atoms with E-state index in [9.17, 15) is 19.2 Å². The molecule has 5 rings (SSSR count). The third-order valence-corrected chi connectivity index (χ3v) is 6.82. The molecular weight excluding hydrogens is 516 g/mol. The van der Waals surface area contributed by atoms with Gasteiger partial charge in [-0.1, -0.05) is 72.8 Å². The van der Waals surface area contributed by atoms with Crippen LogP contribution in [0.15, 0.2) is 108 Å². The molecule has 1 heterocycles. The molecular formula is C33H28N4O4. The maximum Gasteiger partial charge on any atom is 0.321 e. The molecule has 204 valence electrons. The number of benzodiazepines with no additional fused rings is 1. The number of rotatable bonds is 7. The number of carbonyl (C=O) groups is 4. The van der Waals surface area contributed by atoms with Crippen molar-refractivity contribution < 1.29 is 19.2 Å². The van der Waals surface area contributed by atoms with Crippen molar-refractivity contribution in [2.75, 3.05) is 16.8 Å². The van der Waals surface area contributed by atoms with E-state index in [1.807, 2.05) is 61.5 Å². The van der Waals surface area contributed by atoms with Crippen molar-refractivity contribution in [2.24, 2.45) is 4.99 Å². The number of nitrogens with one attached hydrogen (secondary N) is 2. The number of hydrogen-bond acceptors (Lipinski definition) is 5. The first-order chi connectivity index (χ1) is 19.8. The summed E-state index contributed by atoms with van der Waals surface area (Å²) in [5.74, 6) is -0.872. The molecule has 0 bridgehead atoms. The predicted octanol–water partition coefficient (Wildman–Crippen LogP) is 5.41. The maximum absolute atomic E-state index is 14.0. The molecule has 0 aliphatic carbocycles. The molecule has 8 nitrogen and oxygen atoms in total. The molecule has 3 amide bonds. The van der Waals surface area contributed by atoms with Crippen LogP contribution in [-0.4, -0.2) is 41.9 Å². The van der Waals surface area contributed by atoms with Crippen molar-refractivity contribution in [1.82, 2.24) is 5.32 Å². The fraction of sp³-hybridized carbons (Fsp3) is 0.121. The molecule has 1 atom stereocenters. The lowest BCUT2D eigenvalue weighted by atomic mass is 9.99. The van der Waals surface area contributed by atoms with Crippen LogP contribution in [0.25, 0.3) is 0 Å². The first-order valence-corrected chi connectivity index (χ1v) is 13.1. The molecule has 8 heteroatoms. The zero-order chi connectivity index (χ0) is 28.9. The van der Waals surface area contributed by atoms with Gasteiger partial charge in [-0.2, -0.15) is 0 Å². The highest BCUT2D eigenvalue weighted by Gasteiger charge is 2.34. The first kappa shape index (κ1) is 27.2. The second kappa shape index (κ2) is 11.8. The molecule has 4 aromatic rings. The molecule has 1 aliphatic rings. The highest BCUT2D eigenvalue weighted by molar-refractivity contribution is 6.21. The minimum absolute atomic E-state index is 0.0901. The van der Waals surface area contributed by atoms with Gasteiger partial charge in [-0.25, -0.2) is 9.79 Å². The van der Waals surface area contributed by atoms with Gasteiger partial charge in [0.05, 0.1) is 17.9 Å². The zero-order valence-electron chi connectivity index (χ0n) is 22.6. The Morgan fingerprint density at radius 2 is 1.49 bits per heavy atom. The monoisotopic (exact) mass is 544 g/mol. The third kappa shape index (κ3) is 5.96. The first-order valence-electron chi connectivity index (χ1n) is 13.1. The topological polar surface area (TPSA) is 108 Å². The summed E-state index contributed by atoms with van der Waals surface area (Å²) in [6.45, 7) is 3.08. The number of fused-ring (bicyclic) bond motifs is 1. The van der Waals surface area contributed by atoms with Crippen LogP contribution < -0.4 is 15.5 Å². The highest BCUT2D eigenvalue weighted by atomic mass is 16.2. The van der Waals surface area contributed by atoms with Gasteiger partial charge in [0.1, 0.15) is 0 Å². The standard InChI is InChI=1S/C33H28N4O4/c1-21-10-6-7-13-26(21)29(39)20-37-28-15-9-8-14-27(28)30(24-11-4-3-5-12-24)35-31(32(37)40)36-33(41)34-25-18-16-23(17-19-25)22(2)38/h3-19,31H,20H2,1-2H3,(H2,34,36,41)/t31-/m0/s1. The largest absolute Gasteiger partial charge is 0.321 e. The fourth-order valence-electron chi connectivity index (χ4n) is 4.71. The predicted molar refractivity (Wildman–Crippen MR) is 159 cm³/mol. The number of nitrogens with zero attached hydrogens (tertiary/aromatic N) is 2. The molecule has 0 spiro atoms. The van der Waals surface area contributed by atoms with Crippen molar-refractivity contribution in [3.8, 4) is 0 Å². The summed E-state index contributed by atoms with van der Waals surface area (Å²) in [7, 11) is 0. The highest BCUT2D eigenvalue weighted by Crippen LogP contribution is 2.29. The Morgan fingerprint density at radius 1 is 0.829 bits per heavy atom. The number of aliphatic imine (C=N–C) groups is 1. The van der Waals surface area contributed by atoms with Gasteiger partial charge in [0.25, 0.3) is 5.91 Å². The van der Waals surface area contributed by atoms with Crippen molar-refractivity contribution in [1.29, 1.82) is 0 Å². The third-order valence-electron chi connectivity index (χ3n) is 6.82. The van der Waals surface area contributed by atoms with E-state index in [1.165, 1.54) is 11.8 Å². The molecule has 0 aromatic heterocycles. The van der Waals surface area contributed by atoms with Gasteiger partial charge in [0.15, 0.2) is 11.6 Å². The zero-order valence-corrected chi connectivity index (χ0v) is 22.6. The Morgan fingerprint density at radius 3 is 2.20 bits per heavy atom. The molecule has 1 aliphatic heterocycles. The van der Waals surface area contributed by atoms with Crippen LogP contribution in [-0.2, 0) is 4.79 Å². The minimum atomic E-state index is -1.32. The molecule has 0 unspecified atom stereocenters. The van der Waals surface area contributed by atoms with E-state index in [-0.39, 0.29) is 18.1 Å². The van der Waals surface area contributed by atoms with E-state index in [2.05, 4.69) is 10.6 Å². The van der Waals surface area contributed by atoms with E-state index < -0.39 is 18.1 Å². The fourth-order valence-corrected chi connectivity index (χ4v) is 4.71. The van der Waals surface area contributed by atoms with Crippen LogP contribution in [0.5, 0.6) is 0 Å². The summed E-state index contributed by atoms with van der Waals surface area (Å²) < 4.78 is 0. The summed E-state index contributed by atoms with van der Waals surface area (Å²) in [5, 5.41) is 5.37. The quantitative estimate of drug-likeness (QED) is 0.303. The number of amides is 3. The Labute approximate surface area is 237 Å². The molecule has 0 saturated carbocycles. The molecule has 0 saturated heterocycles. The summed E-state index contributed by atoms with van der Waals surface area (Å²) in [6.07, 6.45) is -1.32. The van der Waals surface area contributed by atoms with E-state index in [4.69, 9.17) is 4.99 Å². The number of hydrogen-bond donors (Lipinski definition) is 2. The second-order valence-corrected chi connectivity index (χ2v) is 9.66. The van der Waals surface area contributed by atoms with E-state index in [0.717, 1.165) is 11.1 Å². The molecule has 4 aromatic carbocycles. The van der Waals surface area contributed by atoms with Crippen molar-refractivity contribution >= 4 is 40.6 Å². The van der Waals surface area contributed by atoms with Crippen LogP contribution in [0.2, 0.25) is 0 Å². The lowest BCUT2D eigenvalue weighted by molar-refractivity contribution is -0.120. The molecule has 0 radical (unpaired) electrons. The summed E-state index contributed by atoms with van der Waals surface area (Å²) >= 11 is 0. The SMILES string of the molecule is CC(=O)c1ccc(NC(=O)N[C@@H]2N=C(c3ccccc3)c3ccccc3N(CC(=O)c3ccccc3C)C2=O)cc1. The number of urea groups is 1. The Kier molecular flexibility index (Phi) is 7.83. The molecule has 2 N–H and O–H groups in total. The van der Waals surface area contributed by atoms with Crippen molar-refractivity contribution in [3.05, 3.63) is 131 Å². The van der Waals surface area contributed by atoms with E-state index >= 15 is 0 Å². The van der Waals surface area contributed by atoms with Gasteiger partial charge in [0.2, 0.25) is 6.17 Å². The number of Topliss-reactive ketones (excluding diaryl/α,β-unsaturated/α-hetero) is 2. The second-order valence-electron chi connectivity index (χ2n) is 9.66. The van der Waals surface area contributed by atoms with Crippen LogP contribution in [0.4, 0.5) is 16.2 Å². The number of benzene rings is 4. The van der Waals surface area contributed by atoms with E-state index in [0.29, 0.717) is 33.8 Å². The number of ketones is 2. The summed E-state index contributed by atoms with van der Waals surface area (Å²) in [5.41, 5.74) is 4.72. The van der Waals surface area contributed by atoms with E-state index in [1.54, 1.807) is 48.5 Å². The Balaban J connectivity index is 1.51. The normalized spacial score (nSPS) is 14.4. The number of anilines is 2. The van der Waals surface area contributed by atoms with Gasteiger partial charge in [-0.15, -0.1) is 0 Å². The lowest BCUT2D eigenvalue weighted by Gasteiger charge is -2.25. The van der Waals surface area contributed by atoms with Crippen LogP contribution in [0, 0.1) is 6.92 Å². The average Bonchev–Trinajstić information content (AvgIpc) is 3.09. The summed E-state index contributed by atoms with van der Waals surface area (Å²) in [6, 6.07) is 29.6. The van der Waals surface area contributed by atoms with Crippen LogP contribution in [0.1, 0.15) is 44.3 Å². The van der Waals surface area contributed by atoms with Gasteiger partial charge >= 0.3 is 6.03 Å². The van der Waals surface area contributed by atoms with Gasteiger partial charge in [-0.3, -0.25) is 14.4 Å². The number of carbonyl (C=O) groups excluding carboxylic acids is 4. The molecule has 0 fully saturated rings. The Hall–Kier alpha value is -5.37. The lowest BCUT2D eigenvalue weighted by Crippen LogP contribution is -2.50. The molecule has 41 heavy (non-hydrogen) atoms. The van der Waals surface area contributed by atoms with Gasteiger partial charge < -0.3 is 15.5 Å². The van der Waals surface area contributed by atoms with Crippen LogP contribution in [0.3, 0.4) is 0 Å². The average molecular weight is 545 g/mol. The maximum atomic E-state index is 14.0. The van der Waals surface area contributed by atoms with Crippen molar-refractivity contribution in [3.63, 3.8) is 0 Å². The van der Waals surface area contributed by atoms with Gasteiger partial charge in [-0.05, 0) is 49.7 Å². The summed E-state index contributed by atoms with van der Waals surface area (Å²) in [4.78, 5) is 58.3. The van der Waals surface area contributed by atoms with Gasteiger partial charge in [0, 0.05) is 27.9 Å². The van der Waals surface area contributed by atoms with Crippen molar-refractivity contribution in [2.45, 2.75) is 20.0 Å². The Bertz CT molecular complexity index is 1660. The number of para-hydroxylation sites is 1. The smallest absolute Gasteiger partial charge is 0.308 e. The minimum Gasteiger partial charge on any atom is -0.308 e. The van der Waals surface area contributed by atoms with Crippen LogP contribution >= 0.6 is 0 Å².